The highest BCUT2D eigenvalue weighted by Gasteiger charge is 2.29. The van der Waals surface area contributed by atoms with E-state index in [9.17, 15) is 9.59 Å². The molecule has 0 saturated carbocycles. The van der Waals surface area contributed by atoms with Gasteiger partial charge in [-0.05, 0) is 67.6 Å². The number of carbonyl (C=O) groups excluding carboxylic acids is 2. The molecule has 2 aliphatic rings. The number of likely N-dealkylation sites (N-methyl/N-ethyl adjacent to an activating group) is 1. The van der Waals surface area contributed by atoms with E-state index in [2.05, 4.69) is 62.0 Å². The van der Waals surface area contributed by atoms with Crippen molar-refractivity contribution in [3.8, 4) is 0 Å². The molecule has 0 radical (unpaired) electrons. The Labute approximate surface area is 252 Å². The van der Waals surface area contributed by atoms with Crippen LogP contribution in [0.2, 0.25) is 0 Å². The summed E-state index contributed by atoms with van der Waals surface area (Å²) in [6.07, 6.45) is 3.42. The minimum Gasteiger partial charge on any atom is -0.354 e. The molecule has 4 aromatic rings. The second-order valence-electron chi connectivity index (χ2n) is 11.2. The highest BCUT2D eigenvalue weighted by Crippen LogP contribution is 2.38. The van der Waals surface area contributed by atoms with Crippen LogP contribution in [0.25, 0.3) is 11.3 Å². The molecule has 1 atom stereocenters. The highest BCUT2D eigenvalue weighted by atomic mass is 16.2. The van der Waals surface area contributed by atoms with Gasteiger partial charge in [-0.3, -0.25) is 19.5 Å². The molecule has 6 rings (SSSR count). The molecule has 3 heterocycles. The summed E-state index contributed by atoms with van der Waals surface area (Å²) in [4.78, 5) is 35.7. The number of benzene rings is 3. The molecular formula is C35H36N6O2. The maximum absolute atomic E-state index is 13.4. The van der Waals surface area contributed by atoms with E-state index in [0.717, 1.165) is 49.5 Å². The van der Waals surface area contributed by atoms with E-state index in [1.165, 1.54) is 5.56 Å². The van der Waals surface area contributed by atoms with E-state index in [-0.39, 0.29) is 17.9 Å². The lowest BCUT2D eigenvalue weighted by atomic mass is 9.98. The Kier molecular flexibility index (Phi) is 8.31. The van der Waals surface area contributed by atoms with Crippen molar-refractivity contribution >= 4 is 34.5 Å². The Morgan fingerprint density at radius 2 is 1.63 bits per heavy atom. The van der Waals surface area contributed by atoms with E-state index in [1.807, 2.05) is 49.4 Å². The average Bonchev–Trinajstić information content (AvgIpc) is 3.37. The predicted molar refractivity (Wildman–Crippen MR) is 171 cm³/mol. The van der Waals surface area contributed by atoms with E-state index in [4.69, 9.17) is 0 Å². The summed E-state index contributed by atoms with van der Waals surface area (Å²) >= 11 is 0. The van der Waals surface area contributed by atoms with Crippen LogP contribution in [0.3, 0.4) is 0 Å². The summed E-state index contributed by atoms with van der Waals surface area (Å²) in [7, 11) is 2.16. The normalized spacial score (nSPS) is 17.1. The quantitative estimate of drug-likeness (QED) is 0.250. The first-order valence-electron chi connectivity index (χ1n) is 14.7. The van der Waals surface area contributed by atoms with Gasteiger partial charge in [0, 0.05) is 73.2 Å². The standard InChI is InChI=1S/C35H36N6O2/c1-24(26-6-4-3-5-7-26)37-34(42)28-10-13-31-30(22-28)32(35(43)39-31)33(27-14-16-36-17-15-27)38-29-11-8-25(9-12-29)23-41-20-18-40(2)19-21-41/h3-17,22,24,38H,18-21,23H2,1-2H3,(H,37,42)(H,39,43)/t24-/m1/s1. The van der Waals surface area contributed by atoms with Crippen molar-refractivity contribution in [2.75, 3.05) is 43.9 Å². The van der Waals surface area contributed by atoms with Gasteiger partial charge < -0.3 is 20.9 Å². The van der Waals surface area contributed by atoms with Gasteiger partial charge in [-0.2, -0.15) is 0 Å². The summed E-state index contributed by atoms with van der Waals surface area (Å²) in [5.74, 6) is -0.427. The molecule has 0 aliphatic carbocycles. The fourth-order valence-electron chi connectivity index (χ4n) is 5.56. The molecule has 1 saturated heterocycles. The molecule has 0 unspecified atom stereocenters. The summed E-state index contributed by atoms with van der Waals surface area (Å²) in [5.41, 5.74) is 6.92. The molecule has 3 aromatic carbocycles. The SMILES string of the molecule is C[C@@H](NC(=O)c1ccc2c(c1)C(=C(Nc1ccc(CN3CCN(C)CC3)cc1)c1ccncc1)C(=O)N2)c1ccccc1. The Balaban J connectivity index is 1.28. The van der Waals surface area contributed by atoms with Gasteiger partial charge >= 0.3 is 0 Å². The van der Waals surface area contributed by atoms with Crippen LogP contribution in [0.15, 0.2) is 97.3 Å². The van der Waals surface area contributed by atoms with Crippen molar-refractivity contribution in [3.63, 3.8) is 0 Å². The van der Waals surface area contributed by atoms with Crippen molar-refractivity contribution in [1.29, 1.82) is 0 Å². The number of fused-ring (bicyclic) bond motifs is 1. The van der Waals surface area contributed by atoms with Gasteiger partial charge in [-0.1, -0.05) is 42.5 Å². The first-order chi connectivity index (χ1) is 20.9. The van der Waals surface area contributed by atoms with Crippen LogP contribution in [0, 0.1) is 0 Å². The fourth-order valence-corrected chi connectivity index (χ4v) is 5.56. The van der Waals surface area contributed by atoms with Crippen LogP contribution >= 0.6 is 0 Å². The van der Waals surface area contributed by atoms with Crippen LogP contribution in [-0.4, -0.2) is 59.8 Å². The average molecular weight is 573 g/mol. The maximum Gasteiger partial charge on any atom is 0.258 e. The third-order valence-corrected chi connectivity index (χ3v) is 8.12. The van der Waals surface area contributed by atoms with Crippen LogP contribution in [-0.2, 0) is 11.3 Å². The van der Waals surface area contributed by atoms with E-state index in [1.54, 1.807) is 30.6 Å². The van der Waals surface area contributed by atoms with Crippen molar-refractivity contribution in [3.05, 3.63) is 125 Å². The number of rotatable bonds is 8. The summed E-state index contributed by atoms with van der Waals surface area (Å²) in [5, 5.41) is 9.58. The molecule has 2 aliphatic heterocycles. The monoisotopic (exact) mass is 572 g/mol. The number of nitrogens with zero attached hydrogens (tertiary/aromatic N) is 3. The van der Waals surface area contributed by atoms with Gasteiger partial charge in [0.15, 0.2) is 0 Å². The zero-order valence-electron chi connectivity index (χ0n) is 24.5. The molecule has 0 bridgehead atoms. The lowest BCUT2D eigenvalue weighted by Gasteiger charge is -2.32. The molecule has 1 aromatic heterocycles. The van der Waals surface area contributed by atoms with Crippen molar-refractivity contribution in [1.82, 2.24) is 20.1 Å². The molecule has 3 N–H and O–H groups in total. The van der Waals surface area contributed by atoms with Crippen LogP contribution in [0.5, 0.6) is 0 Å². The molecule has 8 nitrogen and oxygen atoms in total. The van der Waals surface area contributed by atoms with Gasteiger partial charge in [0.25, 0.3) is 11.8 Å². The van der Waals surface area contributed by atoms with Gasteiger partial charge in [0.1, 0.15) is 0 Å². The van der Waals surface area contributed by atoms with Crippen LogP contribution in [0.1, 0.15) is 45.6 Å². The van der Waals surface area contributed by atoms with Gasteiger partial charge in [0.05, 0.1) is 17.3 Å². The largest absolute Gasteiger partial charge is 0.354 e. The van der Waals surface area contributed by atoms with Gasteiger partial charge in [-0.25, -0.2) is 0 Å². The number of nitrogens with one attached hydrogen (secondary N) is 3. The zero-order chi connectivity index (χ0) is 29.8. The fraction of sp³-hybridized carbons (Fsp3) is 0.229. The third kappa shape index (κ3) is 6.51. The van der Waals surface area contributed by atoms with Gasteiger partial charge in [0.2, 0.25) is 0 Å². The lowest BCUT2D eigenvalue weighted by Crippen LogP contribution is -2.43. The minimum absolute atomic E-state index is 0.162. The Morgan fingerprint density at radius 1 is 0.907 bits per heavy atom. The topological polar surface area (TPSA) is 89.6 Å². The second kappa shape index (κ2) is 12.6. The summed E-state index contributed by atoms with van der Waals surface area (Å²) in [6, 6.07) is 27.1. The molecule has 218 valence electrons. The predicted octanol–water partition coefficient (Wildman–Crippen LogP) is 5.25. The number of anilines is 2. The number of amides is 2. The third-order valence-electron chi connectivity index (χ3n) is 8.12. The smallest absolute Gasteiger partial charge is 0.258 e. The molecule has 0 spiro atoms. The van der Waals surface area contributed by atoms with Crippen LogP contribution in [0.4, 0.5) is 11.4 Å². The van der Waals surface area contributed by atoms with Crippen LogP contribution < -0.4 is 16.0 Å². The molecular weight excluding hydrogens is 536 g/mol. The molecule has 2 amide bonds. The molecule has 1 fully saturated rings. The Bertz CT molecular complexity index is 1630. The van der Waals surface area contributed by atoms with E-state index in [0.29, 0.717) is 28.1 Å². The Hall–Kier alpha value is -4.79. The lowest BCUT2D eigenvalue weighted by molar-refractivity contribution is -0.110. The number of aromatic nitrogens is 1. The Morgan fingerprint density at radius 3 is 2.35 bits per heavy atom. The van der Waals surface area contributed by atoms with E-state index >= 15 is 0 Å². The maximum atomic E-state index is 13.4. The summed E-state index contributed by atoms with van der Waals surface area (Å²) in [6.45, 7) is 7.17. The van der Waals surface area contributed by atoms with Crippen molar-refractivity contribution in [2.45, 2.75) is 19.5 Å². The zero-order valence-corrected chi connectivity index (χ0v) is 24.5. The number of hydrogen-bond donors (Lipinski definition) is 3. The highest BCUT2D eigenvalue weighted by molar-refractivity contribution is 6.37. The minimum atomic E-state index is -0.226. The van der Waals surface area contributed by atoms with Gasteiger partial charge in [-0.15, -0.1) is 0 Å². The van der Waals surface area contributed by atoms with Crippen molar-refractivity contribution < 1.29 is 9.59 Å². The first kappa shape index (κ1) is 28.3. The summed E-state index contributed by atoms with van der Waals surface area (Å²) < 4.78 is 0. The number of pyridine rings is 1. The number of carbonyl (C=O) groups is 2. The number of piperazine rings is 1. The van der Waals surface area contributed by atoms with Crippen molar-refractivity contribution in [2.24, 2.45) is 0 Å². The number of hydrogen-bond acceptors (Lipinski definition) is 6. The van der Waals surface area contributed by atoms with E-state index < -0.39 is 0 Å². The molecule has 43 heavy (non-hydrogen) atoms. The first-order valence-corrected chi connectivity index (χ1v) is 14.7. The molecule has 8 heteroatoms. The second-order valence-corrected chi connectivity index (χ2v) is 11.2.